The van der Waals surface area contributed by atoms with Gasteiger partial charge in [0.25, 0.3) is 5.91 Å². The molecule has 1 aromatic heterocycles. The van der Waals surface area contributed by atoms with Crippen LogP contribution in [0.2, 0.25) is 0 Å². The number of aromatic amines is 1. The van der Waals surface area contributed by atoms with E-state index in [9.17, 15) is 4.79 Å². The van der Waals surface area contributed by atoms with Crippen molar-refractivity contribution in [3.8, 4) is 0 Å². The molecule has 1 aliphatic carbocycles. The Morgan fingerprint density at radius 3 is 2.88 bits per heavy atom. The summed E-state index contributed by atoms with van der Waals surface area (Å²) in [6, 6.07) is 0. The molecule has 1 fully saturated rings. The minimum atomic E-state index is -0.0894. The molecule has 0 radical (unpaired) electrons. The summed E-state index contributed by atoms with van der Waals surface area (Å²) in [5.74, 6) is 2.09. The number of nitrogens with one attached hydrogen (secondary N) is 1. The van der Waals surface area contributed by atoms with E-state index in [0.29, 0.717) is 17.7 Å². The van der Waals surface area contributed by atoms with Crippen LogP contribution in [0, 0.1) is 5.92 Å². The van der Waals surface area contributed by atoms with E-state index in [4.69, 9.17) is 0 Å². The Morgan fingerprint density at radius 1 is 1.59 bits per heavy atom. The Kier molecular flexibility index (Phi) is 3.45. The number of carbonyl (C=O) groups excluding carboxylic acids is 1. The van der Waals surface area contributed by atoms with Crippen LogP contribution in [0.3, 0.4) is 0 Å². The monoisotopic (exact) mass is 236 g/mol. The molecule has 1 aromatic rings. The van der Waals surface area contributed by atoms with Crippen LogP contribution < -0.4 is 0 Å². The minimum absolute atomic E-state index is 0.0894. The van der Waals surface area contributed by atoms with Crippen molar-refractivity contribution in [2.45, 2.75) is 39.0 Å². The molecule has 1 amide bonds. The molecule has 1 saturated carbocycles. The van der Waals surface area contributed by atoms with Gasteiger partial charge in [0.2, 0.25) is 5.82 Å². The highest BCUT2D eigenvalue weighted by Gasteiger charge is 2.28. The van der Waals surface area contributed by atoms with Gasteiger partial charge in [0.1, 0.15) is 5.82 Å². The molecule has 0 aliphatic heterocycles. The first kappa shape index (κ1) is 12.1. The summed E-state index contributed by atoms with van der Waals surface area (Å²) in [4.78, 5) is 18.0. The van der Waals surface area contributed by atoms with Crippen molar-refractivity contribution in [1.82, 2.24) is 20.1 Å². The van der Waals surface area contributed by atoms with Crippen LogP contribution in [-0.2, 0) is 0 Å². The van der Waals surface area contributed by atoms with Gasteiger partial charge >= 0.3 is 0 Å². The molecule has 5 nitrogen and oxygen atoms in total. The Morgan fingerprint density at radius 2 is 2.29 bits per heavy atom. The van der Waals surface area contributed by atoms with Crippen molar-refractivity contribution in [2.75, 3.05) is 13.6 Å². The third-order valence-corrected chi connectivity index (χ3v) is 3.29. The fourth-order valence-corrected chi connectivity index (χ4v) is 1.76. The Labute approximate surface area is 102 Å². The quantitative estimate of drug-likeness (QED) is 0.848. The number of nitrogens with zero attached hydrogens (tertiary/aromatic N) is 3. The van der Waals surface area contributed by atoms with Crippen LogP contribution in [0.4, 0.5) is 0 Å². The molecule has 1 heterocycles. The van der Waals surface area contributed by atoms with Crippen molar-refractivity contribution in [2.24, 2.45) is 5.92 Å². The lowest BCUT2D eigenvalue weighted by atomic mass is 10.1. The molecule has 1 unspecified atom stereocenters. The standard InChI is InChI=1S/C12H20N4O/c1-4-8(2)7-16(3)12(17)11-13-10(14-15-11)9-5-6-9/h8-9H,4-7H2,1-3H3,(H,13,14,15). The maximum absolute atomic E-state index is 12.0. The van der Waals surface area contributed by atoms with Gasteiger partial charge < -0.3 is 4.90 Å². The summed E-state index contributed by atoms with van der Waals surface area (Å²) in [6.45, 7) is 5.01. The number of carbonyl (C=O) groups is 1. The third kappa shape index (κ3) is 2.84. The Balaban J connectivity index is 1.97. The molecule has 17 heavy (non-hydrogen) atoms. The summed E-state index contributed by atoms with van der Waals surface area (Å²) >= 11 is 0. The number of H-pyrrole nitrogens is 1. The molecular weight excluding hydrogens is 216 g/mol. The number of aromatic nitrogens is 3. The molecule has 1 atom stereocenters. The zero-order chi connectivity index (χ0) is 12.4. The molecule has 2 rings (SSSR count). The molecule has 0 saturated heterocycles. The van der Waals surface area contributed by atoms with Crippen molar-refractivity contribution in [3.63, 3.8) is 0 Å². The minimum Gasteiger partial charge on any atom is -0.339 e. The Bertz CT molecular complexity index is 397. The normalized spacial score (nSPS) is 16.9. The first-order valence-electron chi connectivity index (χ1n) is 6.29. The van der Waals surface area contributed by atoms with E-state index in [1.807, 2.05) is 7.05 Å². The summed E-state index contributed by atoms with van der Waals surface area (Å²) in [7, 11) is 1.81. The first-order chi connectivity index (χ1) is 8.11. The van der Waals surface area contributed by atoms with Gasteiger partial charge in [-0.1, -0.05) is 20.3 Å². The van der Waals surface area contributed by atoms with E-state index in [0.717, 1.165) is 31.6 Å². The number of amides is 1. The van der Waals surface area contributed by atoms with Crippen LogP contribution in [0.25, 0.3) is 0 Å². The van der Waals surface area contributed by atoms with E-state index in [1.54, 1.807) is 4.90 Å². The van der Waals surface area contributed by atoms with Gasteiger partial charge in [0, 0.05) is 19.5 Å². The molecule has 1 aliphatic rings. The van der Waals surface area contributed by atoms with E-state index in [2.05, 4.69) is 29.0 Å². The van der Waals surface area contributed by atoms with Crippen molar-refractivity contribution in [3.05, 3.63) is 11.6 Å². The van der Waals surface area contributed by atoms with E-state index < -0.39 is 0 Å². The lowest BCUT2D eigenvalue weighted by Gasteiger charge is -2.19. The van der Waals surface area contributed by atoms with Gasteiger partial charge in [-0.3, -0.25) is 9.89 Å². The van der Waals surface area contributed by atoms with Gasteiger partial charge in [-0.2, -0.15) is 0 Å². The summed E-state index contributed by atoms with van der Waals surface area (Å²) in [5, 5.41) is 6.87. The van der Waals surface area contributed by atoms with Crippen LogP contribution in [-0.4, -0.2) is 39.6 Å². The van der Waals surface area contributed by atoms with E-state index in [-0.39, 0.29) is 5.91 Å². The summed E-state index contributed by atoms with van der Waals surface area (Å²) in [5.41, 5.74) is 0. The number of rotatable bonds is 5. The fraction of sp³-hybridized carbons (Fsp3) is 0.750. The van der Waals surface area contributed by atoms with Gasteiger partial charge in [-0.15, -0.1) is 5.10 Å². The predicted molar refractivity (Wildman–Crippen MR) is 64.8 cm³/mol. The average Bonchev–Trinajstić information content (AvgIpc) is 3.06. The molecule has 0 spiro atoms. The lowest BCUT2D eigenvalue weighted by Crippen LogP contribution is -2.31. The first-order valence-corrected chi connectivity index (χ1v) is 6.29. The lowest BCUT2D eigenvalue weighted by molar-refractivity contribution is 0.0763. The van der Waals surface area contributed by atoms with Gasteiger partial charge in [0.05, 0.1) is 0 Å². The largest absolute Gasteiger partial charge is 0.339 e. The smallest absolute Gasteiger partial charge is 0.293 e. The van der Waals surface area contributed by atoms with Crippen molar-refractivity contribution >= 4 is 5.91 Å². The molecular formula is C12H20N4O. The van der Waals surface area contributed by atoms with Crippen LogP contribution in [0.15, 0.2) is 0 Å². The fourth-order valence-electron chi connectivity index (χ4n) is 1.76. The number of hydrogen-bond acceptors (Lipinski definition) is 3. The zero-order valence-corrected chi connectivity index (χ0v) is 10.7. The molecule has 1 N–H and O–H groups in total. The Hall–Kier alpha value is -1.39. The van der Waals surface area contributed by atoms with Gasteiger partial charge in [-0.05, 0) is 18.8 Å². The van der Waals surface area contributed by atoms with E-state index in [1.165, 1.54) is 0 Å². The highest BCUT2D eigenvalue weighted by atomic mass is 16.2. The topological polar surface area (TPSA) is 61.9 Å². The van der Waals surface area contributed by atoms with Crippen LogP contribution in [0.1, 0.15) is 55.5 Å². The number of hydrogen-bond donors (Lipinski definition) is 1. The average molecular weight is 236 g/mol. The second-order valence-electron chi connectivity index (χ2n) is 5.02. The molecule has 5 heteroatoms. The molecule has 94 valence electrons. The maximum atomic E-state index is 12.0. The third-order valence-electron chi connectivity index (χ3n) is 3.29. The SMILES string of the molecule is CCC(C)CN(C)C(=O)c1n[nH]c(C2CC2)n1. The highest BCUT2D eigenvalue weighted by molar-refractivity contribution is 5.90. The highest BCUT2D eigenvalue weighted by Crippen LogP contribution is 2.37. The maximum Gasteiger partial charge on any atom is 0.293 e. The molecule has 0 bridgehead atoms. The predicted octanol–water partition coefficient (Wildman–Crippen LogP) is 1.80. The summed E-state index contributed by atoms with van der Waals surface area (Å²) < 4.78 is 0. The zero-order valence-electron chi connectivity index (χ0n) is 10.7. The van der Waals surface area contributed by atoms with Crippen molar-refractivity contribution in [1.29, 1.82) is 0 Å². The second kappa shape index (κ2) is 4.85. The van der Waals surface area contributed by atoms with Crippen LogP contribution in [0.5, 0.6) is 0 Å². The van der Waals surface area contributed by atoms with E-state index >= 15 is 0 Å². The second-order valence-corrected chi connectivity index (χ2v) is 5.02. The summed E-state index contributed by atoms with van der Waals surface area (Å²) in [6.07, 6.45) is 3.38. The van der Waals surface area contributed by atoms with Crippen LogP contribution >= 0.6 is 0 Å². The van der Waals surface area contributed by atoms with Gasteiger partial charge in [0.15, 0.2) is 0 Å². The van der Waals surface area contributed by atoms with Crippen molar-refractivity contribution < 1.29 is 4.79 Å². The van der Waals surface area contributed by atoms with Gasteiger partial charge in [-0.25, -0.2) is 4.98 Å². The molecule has 0 aromatic carbocycles.